The van der Waals surface area contributed by atoms with Crippen LogP contribution in [0.3, 0.4) is 0 Å². The van der Waals surface area contributed by atoms with Crippen molar-refractivity contribution in [2.75, 3.05) is 4.72 Å². The zero-order chi connectivity index (χ0) is 16.2. The quantitative estimate of drug-likeness (QED) is 0.641. The molecule has 114 valence electrons. The van der Waals surface area contributed by atoms with Gasteiger partial charge in [0, 0.05) is 17.7 Å². The highest BCUT2D eigenvalue weighted by atomic mass is 32.2. The van der Waals surface area contributed by atoms with E-state index in [4.69, 9.17) is 0 Å². The molecular weight excluding hydrogens is 310 g/mol. The van der Waals surface area contributed by atoms with Crippen molar-refractivity contribution in [2.45, 2.75) is 0 Å². The largest absolute Gasteiger partial charge is 0.323 e. The van der Waals surface area contributed by atoms with Crippen LogP contribution in [0.5, 0.6) is 0 Å². The molecule has 0 atom stereocenters. The number of amides is 1. The van der Waals surface area contributed by atoms with Crippen LogP contribution in [-0.2, 0) is 10.2 Å². The third-order valence-corrected chi connectivity index (χ3v) is 3.55. The molecule has 22 heavy (non-hydrogen) atoms. The average molecular weight is 321 g/mol. The molecule has 0 bridgehead atoms. The lowest BCUT2D eigenvalue weighted by Gasteiger charge is -2.09. The monoisotopic (exact) mass is 321 g/mol. The van der Waals surface area contributed by atoms with Crippen molar-refractivity contribution >= 4 is 27.5 Å². The highest BCUT2D eigenvalue weighted by Crippen LogP contribution is 2.16. The number of carbonyl (C=O) groups excluding carboxylic acids is 1. The SMILES string of the molecule is O=C(NS(=O)(=O)Nc1ccc([N+](=O)[O-])cc1)c1ccccc1. The Balaban J connectivity index is 2.08. The summed E-state index contributed by atoms with van der Waals surface area (Å²) in [4.78, 5) is 21.7. The summed E-state index contributed by atoms with van der Waals surface area (Å²) < 4.78 is 27.6. The molecule has 0 fully saturated rings. The summed E-state index contributed by atoms with van der Waals surface area (Å²) in [6.07, 6.45) is 0. The lowest BCUT2D eigenvalue weighted by molar-refractivity contribution is -0.384. The van der Waals surface area contributed by atoms with E-state index in [1.807, 2.05) is 4.72 Å². The maximum atomic E-state index is 11.8. The van der Waals surface area contributed by atoms with Gasteiger partial charge in [0.05, 0.1) is 10.6 Å². The standard InChI is InChI=1S/C13H11N3O5S/c17-13(10-4-2-1-3-5-10)15-22(20,21)14-11-6-8-12(9-7-11)16(18)19/h1-9,14H,(H,15,17). The zero-order valence-electron chi connectivity index (χ0n) is 11.1. The van der Waals surface area contributed by atoms with Gasteiger partial charge < -0.3 is 0 Å². The molecule has 1 amide bonds. The van der Waals surface area contributed by atoms with Crippen molar-refractivity contribution in [1.82, 2.24) is 4.72 Å². The van der Waals surface area contributed by atoms with Gasteiger partial charge in [0.2, 0.25) is 0 Å². The Bertz CT molecular complexity index is 788. The number of carbonyl (C=O) groups is 1. The summed E-state index contributed by atoms with van der Waals surface area (Å²) in [5.74, 6) is -0.782. The minimum atomic E-state index is -4.13. The van der Waals surface area contributed by atoms with Crippen molar-refractivity contribution in [3.63, 3.8) is 0 Å². The van der Waals surface area contributed by atoms with E-state index >= 15 is 0 Å². The van der Waals surface area contributed by atoms with E-state index < -0.39 is 21.0 Å². The Kier molecular flexibility index (Phi) is 4.37. The minimum absolute atomic E-state index is 0.0963. The molecule has 2 N–H and O–H groups in total. The van der Waals surface area contributed by atoms with E-state index in [0.717, 1.165) is 12.1 Å². The van der Waals surface area contributed by atoms with Gasteiger partial charge in [0.15, 0.2) is 0 Å². The summed E-state index contributed by atoms with van der Waals surface area (Å²) in [6.45, 7) is 0. The predicted molar refractivity (Wildman–Crippen MR) is 79.5 cm³/mol. The lowest BCUT2D eigenvalue weighted by Crippen LogP contribution is -2.35. The van der Waals surface area contributed by atoms with Crippen LogP contribution in [0.1, 0.15) is 10.4 Å². The molecular formula is C13H11N3O5S. The van der Waals surface area contributed by atoms with Crippen molar-refractivity contribution in [3.8, 4) is 0 Å². The number of nitro benzene ring substituents is 1. The van der Waals surface area contributed by atoms with Crippen LogP contribution in [0, 0.1) is 10.1 Å². The van der Waals surface area contributed by atoms with Gasteiger partial charge in [-0.15, -0.1) is 0 Å². The second-order valence-electron chi connectivity index (χ2n) is 4.21. The van der Waals surface area contributed by atoms with E-state index in [2.05, 4.69) is 4.72 Å². The molecule has 9 heteroatoms. The van der Waals surface area contributed by atoms with Gasteiger partial charge >= 0.3 is 10.2 Å². The molecule has 0 heterocycles. The maximum absolute atomic E-state index is 11.8. The molecule has 0 aromatic heterocycles. The predicted octanol–water partition coefficient (Wildman–Crippen LogP) is 1.68. The summed E-state index contributed by atoms with van der Waals surface area (Å²) in [6, 6.07) is 12.6. The molecule has 0 saturated carbocycles. The first kappa shape index (κ1) is 15.4. The van der Waals surface area contributed by atoms with E-state index in [1.54, 1.807) is 18.2 Å². The zero-order valence-corrected chi connectivity index (χ0v) is 11.9. The number of nitrogens with one attached hydrogen (secondary N) is 2. The lowest BCUT2D eigenvalue weighted by atomic mass is 10.2. The fourth-order valence-corrected chi connectivity index (χ4v) is 2.46. The van der Waals surface area contributed by atoms with E-state index in [-0.39, 0.29) is 16.9 Å². The Morgan fingerprint density at radius 2 is 1.59 bits per heavy atom. The molecule has 0 aliphatic rings. The number of nitro groups is 1. The normalized spacial score (nSPS) is 10.7. The molecule has 0 spiro atoms. The van der Waals surface area contributed by atoms with Gasteiger partial charge in [0.25, 0.3) is 11.6 Å². The Hall–Kier alpha value is -2.94. The van der Waals surface area contributed by atoms with E-state index in [0.29, 0.717) is 0 Å². The summed E-state index contributed by atoms with van der Waals surface area (Å²) in [5, 5.41) is 10.5. The molecule has 0 radical (unpaired) electrons. The van der Waals surface area contributed by atoms with Gasteiger partial charge in [-0.25, -0.2) is 4.72 Å². The number of non-ortho nitro benzene ring substituents is 1. The van der Waals surface area contributed by atoms with Gasteiger partial charge in [-0.05, 0) is 24.3 Å². The number of rotatable bonds is 5. The van der Waals surface area contributed by atoms with Crippen LogP contribution in [0.4, 0.5) is 11.4 Å². The molecule has 0 aliphatic heterocycles. The number of anilines is 1. The minimum Gasteiger partial charge on any atom is -0.268 e. The highest BCUT2D eigenvalue weighted by Gasteiger charge is 2.16. The van der Waals surface area contributed by atoms with Crippen molar-refractivity contribution in [2.24, 2.45) is 0 Å². The van der Waals surface area contributed by atoms with Gasteiger partial charge in [-0.1, -0.05) is 18.2 Å². The maximum Gasteiger partial charge on any atom is 0.323 e. The molecule has 2 aromatic carbocycles. The van der Waals surface area contributed by atoms with E-state index in [1.165, 1.54) is 24.3 Å². The third-order valence-electron chi connectivity index (χ3n) is 2.59. The van der Waals surface area contributed by atoms with Crippen LogP contribution >= 0.6 is 0 Å². The summed E-state index contributed by atoms with van der Waals surface area (Å²) >= 11 is 0. The van der Waals surface area contributed by atoms with Crippen molar-refractivity contribution < 1.29 is 18.1 Å². The molecule has 2 aromatic rings. The number of nitrogens with zero attached hydrogens (tertiary/aromatic N) is 1. The first-order valence-electron chi connectivity index (χ1n) is 6.02. The molecule has 0 aliphatic carbocycles. The topological polar surface area (TPSA) is 118 Å². The summed E-state index contributed by atoms with van der Waals surface area (Å²) in [7, 11) is -4.13. The van der Waals surface area contributed by atoms with Crippen molar-refractivity contribution in [1.29, 1.82) is 0 Å². The fraction of sp³-hybridized carbons (Fsp3) is 0. The molecule has 0 unspecified atom stereocenters. The number of hydrogen-bond acceptors (Lipinski definition) is 5. The van der Waals surface area contributed by atoms with Gasteiger partial charge in [0.1, 0.15) is 0 Å². The molecule has 0 saturated heterocycles. The Morgan fingerprint density at radius 3 is 2.14 bits per heavy atom. The fourth-order valence-electron chi connectivity index (χ4n) is 1.60. The third kappa shape index (κ3) is 4.03. The Labute approximate surface area is 126 Å². The Morgan fingerprint density at radius 1 is 1.00 bits per heavy atom. The van der Waals surface area contributed by atoms with Gasteiger partial charge in [-0.3, -0.25) is 19.6 Å². The molecule has 2 rings (SSSR count). The van der Waals surface area contributed by atoms with Crippen LogP contribution < -0.4 is 9.44 Å². The van der Waals surface area contributed by atoms with Crippen LogP contribution in [0.2, 0.25) is 0 Å². The van der Waals surface area contributed by atoms with E-state index in [9.17, 15) is 23.3 Å². The average Bonchev–Trinajstić information content (AvgIpc) is 2.47. The number of benzene rings is 2. The first-order chi connectivity index (χ1) is 10.4. The second kappa shape index (κ2) is 6.22. The van der Waals surface area contributed by atoms with Gasteiger partial charge in [-0.2, -0.15) is 8.42 Å². The second-order valence-corrected chi connectivity index (χ2v) is 5.62. The smallest absolute Gasteiger partial charge is 0.268 e. The highest BCUT2D eigenvalue weighted by molar-refractivity contribution is 7.91. The van der Waals surface area contributed by atoms with Crippen LogP contribution in [0.15, 0.2) is 54.6 Å². The van der Waals surface area contributed by atoms with Crippen LogP contribution in [0.25, 0.3) is 0 Å². The first-order valence-corrected chi connectivity index (χ1v) is 7.50. The number of hydrogen-bond donors (Lipinski definition) is 2. The van der Waals surface area contributed by atoms with Crippen LogP contribution in [-0.4, -0.2) is 19.2 Å². The van der Waals surface area contributed by atoms with Crippen molar-refractivity contribution in [3.05, 3.63) is 70.3 Å². The summed E-state index contributed by atoms with van der Waals surface area (Å²) in [5.41, 5.74) is 0.117. The molecule has 8 nitrogen and oxygen atoms in total.